The third kappa shape index (κ3) is 4.75. The van der Waals surface area contributed by atoms with Crippen molar-refractivity contribution in [3.63, 3.8) is 0 Å². The molecule has 12 nitrogen and oxygen atoms in total. The van der Waals surface area contributed by atoms with Crippen LogP contribution >= 0.6 is 0 Å². The number of amides is 2. The highest BCUT2D eigenvalue weighted by Crippen LogP contribution is 2.41. The van der Waals surface area contributed by atoms with Crippen LogP contribution in [-0.2, 0) is 11.6 Å². The van der Waals surface area contributed by atoms with Crippen LogP contribution in [0.15, 0.2) is 42.5 Å². The number of hydrogen-bond acceptors (Lipinski definition) is 6. The first-order chi connectivity index (χ1) is 20.7. The van der Waals surface area contributed by atoms with Crippen molar-refractivity contribution >= 4 is 23.7 Å². The summed E-state index contributed by atoms with van der Waals surface area (Å²) in [7, 11) is 0. The van der Waals surface area contributed by atoms with Crippen LogP contribution in [0.2, 0.25) is 0 Å². The van der Waals surface area contributed by atoms with E-state index in [9.17, 15) is 27.9 Å². The third-order valence-corrected chi connectivity index (χ3v) is 8.99. The highest BCUT2D eigenvalue weighted by molar-refractivity contribution is 5.98. The van der Waals surface area contributed by atoms with E-state index in [1.54, 1.807) is 12.1 Å². The molecular weight excluding hydrogens is 581 g/mol. The van der Waals surface area contributed by atoms with E-state index in [0.717, 1.165) is 36.2 Å². The fourth-order valence-corrected chi connectivity index (χ4v) is 6.61. The minimum absolute atomic E-state index is 0.0182. The minimum atomic E-state index is -4.53. The van der Waals surface area contributed by atoms with Gasteiger partial charge in [0.1, 0.15) is 11.9 Å². The molecule has 0 bridgehead atoms. The monoisotopic (exact) mass is 614 g/mol. The van der Waals surface area contributed by atoms with Crippen LogP contribution in [-0.4, -0.2) is 83.3 Å². The molecule has 15 heteroatoms. The summed E-state index contributed by atoms with van der Waals surface area (Å²) in [5, 5.41) is 43.1. The molecule has 234 valence electrons. The molecule has 1 spiro atoms. The number of para-hydroxylation sites is 1. The van der Waals surface area contributed by atoms with Gasteiger partial charge in [-0.2, -0.15) is 13.2 Å². The maximum atomic E-state index is 13.5. The van der Waals surface area contributed by atoms with E-state index in [-0.39, 0.29) is 36.0 Å². The molecule has 0 radical (unpaired) electrons. The average Bonchev–Trinajstić information content (AvgIpc) is 3.46. The molecular formula is C29H33F3N8O4. The van der Waals surface area contributed by atoms with Gasteiger partial charge in [0.15, 0.2) is 17.6 Å². The standard InChI is InChI=1S/C29H33F3N8O4/c1-27(2)10-11-44-20-16(4-3-5-17(20)27)24(43)36-19-13-40-26(34)37-18(21-28(40,22(19)41)39-25(33)38-21)12-35-23(42)14-6-8-15(9-7-14)29(30,31)32/h3-9,18-19,21-22,41H,10-13H2,1-2H3,(H2,34,37)(H,35,42)(H,36,43)(H3,33,38,39)/t18-,19?,21?,22+,28?/m0/s1. The number of ether oxygens (including phenoxy) is 1. The molecule has 2 aromatic rings. The number of carbonyl (C=O) groups excluding carboxylic acids is 2. The Kier molecular flexibility index (Phi) is 6.90. The van der Waals surface area contributed by atoms with E-state index in [1.165, 1.54) is 4.90 Å². The lowest BCUT2D eigenvalue weighted by molar-refractivity contribution is -0.137. The third-order valence-electron chi connectivity index (χ3n) is 8.99. The zero-order valence-electron chi connectivity index (χ0n) is 23.9. The summed E-state index contributed by atoms with van der Waals surface area (Å²) in [4.78, 5) is 27.8. The Labute approximate surface area is 250 Å². The molecule has 5 atom stereocenters. The first-order valence-corrected chi connectivity index (χ1v) is 14.2. The maximum absolute atomic E-state index is 13.5. The molecule has 0 aromatic heterocycles. The van der Waals surface area contributed by atoms with E-state index < -0.39 is 53.4 Å². The Morgan fingerprint density at radius 3 is 2.55 bits per heavy atom. The van der Waals surface area contributed by atoms with Crippen molar-refractivity contribution in [2.75, 3.05) is 19.7 Å². The molecule has 2 aromatic carbocycles. The summed E-state index contributed by atoms with van der Waals surface area (Å²) < 4.78 is 44.6. The Bertz CT molecular complexity index is 1530. The number of aliphatic hydroxyl groups excluding tert-OH is 1. The summed E-state index contributed by atoms with van der Waals surface area (Å²) in [6, 6.07) is 6.87. The van der Waals surface area contributed by atoms with Crippen molar-refractivity contribution in [2.45, 2.75) is 61.8 Å². The number of fused-ring (bicyclic) bond motifs is 1. The summed E-state index contributed by atoms with van der Waals surface area (Å²) >= 11 is 0. The van der Waals surface area contributed by atoms with Gasteiger partial charge in [-0.15, -0.1) is 0 Å². The van der Waals surface area contributed by atoms with Crippen LogP contribution in [0.1, 0.15) is 52.1 Å². The van der Waals surface area contributed by atoms with Gasteiger partial charge >= 0.3 is 6.18 Å². The maximum Gasteiger partial charge on any atom is 0.416 e. The second-order valence-corrected chi connectivity index (χ2v) is 12.1. The zero-order chi connectivity index (χ0) is 31.6. The molecule has 44 heavy (non-hydrogen) atoms. The van der Waals surface area contributed by atoms with Gasteiger partial charge in [0, 0.05) is 24.2 Å². The molecule has 2 amide bonds. The van der Waals surface area contributed by atoms with Crippen molar-refractivity contribution in [3.8, 4) is 5.75 Å². The normalized spacial score (nSPS) is 28.4. The summed E-state index contributed by atoms with van der Waals surface area (Å²) in [5.74, 6) is -0.787. The number of alkyl halides is 3. The first-order valence-electron chi connectivity index (χ1n) is 14.2. The Morgan fingerprint density at radius 2 is 1.84 bits per heavy atom. The van der Waals surface area contributed by atoms with Crippen LogP contribution in [0.4, 0.5) is 13.2 Å². The van der Waals surface area contributed by atoms with Crippen molar-refractivity contribution in [1.29, 1.82) is 10.8 Å². The number of nitrogens with zero attached hydrogens (tertiary/aromatic N) is 1. The number of guanidine groups is 2. The Morgan fingerprint density at radius 1 is 1.11 bits per heavy atom. The number of carbonyl (C=O) groups is 2. The number of nitrogens with one attached hydrogen (secondary N) is 7. The first kappa shape index (κ1) is 29.5. The molecule has 0 aliphatic carbocycles. The molecule has 3 fully saturated rings. The molecule has 8 N–H and O–H groups in total. The highest BCUT2D eigenvalue weighted by Gasteiger charge is 2.66. The lowest BCUT2D eigenvalue weighted by Crippen LogP contribution is -2.78. The van der Waals surface area contributed by atoms with Gasteiger partial charge in [0.25, 0.3) is 11.8 Å². The summed E-state index contributed by atoms with van der Waals surface area (Å²) in [6.07, 6.45) is -5.02. The van der Waals surface area contributed by atoms with Gasteiger partial charge in [-0.05, 0) is 42.2 Å². The fourth-order valence-electron chi connectivity index (χ4n) is 6.61. The SMILES string of the molecule is CC1(C)CCOc2c(C(=O)NC3CN4C(=N)N[C@@H](CNC(=O)c5ccc(C(F)(F)F)cc5)C5NC(=N)NC54[C@@H]3O)cccc21. The van der Waals surface area contributed by atoms with Crippen LogP contribution in [0.25, 0.3) is 0 Å². The molecule has 6 rings (SSSR count). The van der Waals surface area contributed by atoms with Crippen LogP contribution < -0.4 is 31.3 Å². The van der Waals surface area contributed by atoms with E-state index in [2.05, 4.69) is 40.4 Å². The van der Waals surface area contributed by atoms with E-state index in [0.29, 0.717) is 17.9 Å². The number of aliphatic hydroxyl groups is 1. The van der Waals surface area contributed by atoms with Crippen molar-refractivity contribution in [1.82, 2.24) is 31.5 Å². The number of hydrogen-bond donors (Lipinski definition) is 8. The number of benzene rings is 2. The lowest BCUT2D eigenvalue weighted by atomic mass is 9.79. The van der Waals surface area contributed by atoms with Crippen molar-refractivity contribution in [2.24, 2.45) is 0 Å². The fraction of sp³-hybridized carbons (Fsp3) is 0.448. The predicted molar refractivity (Wildman–Crippen MR) is 152 cm³/mol. The summed E-state index contributed by atoms with van der Waals surface area (Å²) in [5.41, 5.74) is -1.19. The second kappa shape index (κ2) is 10.3. The topological polar surface area (TPSA) is 175 Å². The van der Waals surface area contributed by atoms with Gasteiger partial charge in [0.05, 0.1) is 35.9 Å². The lowest BCUT2D eigenvalue weighted by Gasteiger charge is -2.49. The smallest absolute Gasteiger partial charge is 0.416 e. The highest BCUT2D eigenvalue weighted by atomic mass is 19.4. The Balaban J connectivity index is 1.19. The largest absolute Gasteiger partial charge is 0.492 e. The number of rotatable bonds is 5. The molecule has 3 unspecified atom stereocenters. The molecule has 4 aliphatic rings. The van der Waals surface area contributed by atoms with E-state index >= 15 is 0 Å². The average molecular weight is 615 g/mol. The van der Waals surface area contributed by atoms with Gasteiger partial charge in [-0.1, -0.05) is 26.0 Å². The molecule has 0 saturated carbocycles. The molecule has 4 aliphatic heterocycles. The Hall–Kier alpha value is -4.53. The van der Waals surface area contributed by atoms with E-state index in [1.807, 2.05) is 6.07 Å². The predicted octanol–water partition coefficient (Wildman–Crippen LogP) is 1.07. The second-order valence-electron chi connectivity index (χ2n) is 12.1. The van der Waals surface area contributed by atoms with Crippen molar-refractivity contribution < 1.29 is 32.6 Å². The van der Waals surface area contributed by atoms with Crippen LogP contribution in [0, 0.1) is 10.8 Å². The summed E-state index contributed by atoms with van der Waals surface area (Å²) in [6.45, 7) is 4.60. The minimum Gasteiger partial charge on any atom is -0.492 e. The quantitative estimate of drug-likeness (QED) is 0.247. The van der Waals surface area contributed by atoms with Crippen molar-refractivity contribution in [3.05, 3.63) is 64.7 Å². The van der Waals surface area contributed by atoms with Crippen LogP contribution in [0.3, 0.4) is 0 Å². The van der Waals surface area contributed by atoms with Gasteiger partial charge in [-0.3, -0.25) is 20.4 Å². The zero-order valence-corrected chi connectivity index (χ0v) is 23.9. The van der Waals surface area contributed by atoms with Gasteiger partial charge < -0.3 is 41.3 Å². The van der Waals surface area contributed by atoms with Crippen LogP contribution in [0.5, 0.6) is 5.75 Å². The number of halogens is 3. The van der Waals surface area contributed by atoms with E-state index in [4.69, 9.17) is 15.6 Å². The molecule has 3 saturated heterocycles. The van der Waals surface area contributed by atoms with Gasteiger partial charge in [0.2, 0.25) is 0 Å². The molecule has 4 heterocycles. The van der Waals surface area contributed by atoms with Gasteiger partial charge in [-0.25, -0.2) is 0 Å².